The van der Waals surface area contributed by atoms with Crippen molar-refractivity contribution in [3.63, 3.8) is 0 Å². The number of carbonyl (C=O) groups excluding carboxylic acids is 2. The molecule has 0 radical (unpaired) electrons. The van der Waals surface area contributed by atoms with Crippen molar-refractivity contribution in [2.24, 2.45) is 0 Å². The Bertz CT molecular complexity index is 608. The summed E-state index contributed by atoms with van der Waals surface area (Å²) in [5, 5.41) is 3.46. The molecule has 1 heterocycles. The lowest BCUT2D eigenvalue weighted by atomic mass is 9.90. The summed E-state index contributed by atoms with van der Waals surface area (Å²) in [5.74, 6) is -0.133. The van der Waals surface area contributed by atoms with E-state index >= 15 is 0 Å². The first-order chi connectivity index (χ1) is 9.94. The summed E-state index contributed by atoms with van der Waals surface area (Å²) in [6.07, 6.45) is 3.36. The van der Waals surface area contributed by atoms with E-state index in [1.807, 2.05) is 25.1 Å². The van der Waals surface area contributed by atoms with Crippen LogP contribution in [0.2, 0.25) is 5.02 Å². The Morgan fingerprint density at radius 1 is 1.29 bits per heavy atom. The van der Waals surface area contributed by atoms with Gasteiger partial charge in [-0.15, -0.1) is 0 Å². The SMILES string of the molecule is Cc1ccc(N2C(=O)C3(CCCC3)NC(=O)C2C)c(Cl)c1. The molecule has 1 spiro atoms. The average molecular weight is 307 g/mol. The van der Waals surface area contributed by atoms with Gasteiger partial charge in [-0.05, 0) is 44.4 Å². The van der Waals surface area contributed by atoms with E-state index in [4.69, 9.17) is 11.6 Å². The van der Waals surface area contributed by atoms with Gasteiger partial charge in [0.25, 0.3) is 5.91 Å². The summed E-state index contributed by atoms with van der Waals surface area (Å²) in [6, 6.07) is 5.02. The highest BCUT2D eigenvalue weighted by Gasteiger charge is 2.51. The Hall–Kier alpha value is -1.55. The second-order valence-corrected chi connectivity index (χ2v) is 6.49. The first-order valence-electron chi connectivity index (χ1n) is 7.36. The molecule has 21 heavy (non-hydrogen) atoms. The summed E-state index contributed by atoms with van der Waals surface area (Å²) in [7, 11) is 0. The molecule has 1 atom stereocenters. The number of rotatable bonds is 1. The Kier molecular flexibility index (Phi) is 3.44. The lowest BCUT2D eigenvalue weighted by Gasteiger charge is -2.43. The molecular weight excluding hydrogens is 288 g/mol. The molecule has 2 aliphatic rings. The lowest BCUT2D eigenvalue weighted by Crippen LogP contribution is -2.69. The number of benzene rings is 1. The van der Waals surface area contributed by atoms with Gasteiger partial charge in [-0.1, -0.05) is 30.5 Å². The van der Waals surface area contributed by atoms with Crippen LogP contribution in [0, 0.1) is 6.92 Å². The molecule has 1 N–H and O–H groups in total. The third-order valence-electron chi connectivity index (χ3n) is 4.58. The first-order valence-corrected chi connectivity index (χ1v) is 7.74. The van der Waals surface area contributed by atoms with Crippen LogP contribution in [0.25, 0.3) is 0 Å². The molecule has 112 valence electrons. The van der Waals surface area contributed by atoms with Crippen LogP contribution in [0.3, 0.4) is 0 Å². The van der Waals surface area contributed by atoms with Gasteiger partial charge in [0.15, 0.2) is 0 Å². The number of amides is 2. The van der Waals surface area contributed by atoms with Crippen molar-refractivity contribution in [2.45, 2.75) is 51.1 Å². The van der Waals surface area contributed by atoms with Crippen molar-refractivity contribution in [3.8, 4) is 0 Å². The van der Waals surface area contributed by atoms with Gasteiger partial charge in [-0.2, -0.15) is 0 Å². The van der Waals surface area contributed by atoms with Gasteiger partial charge in [0.2, 0.25) is 5.91 Å². The highest BCUT2D eigenvalue weighted by Crippen LogP contribution is 2.38. The van der Waals surface area contributed by atoms with Gasteiger partial charge < -0.3 is 5.32 Å². The predicted molar refractivity (Wildman–Crippen MR) is 82.5 cm³/mol. The fourth-order valence-electron chi connectivity index (χ4n) is 3.36. The number of aryl methyl sites for hydroxylation is 1. The minimum atomic E-state index is -0.724. The van der Waals surface area contributed by atoms with Crippen LogP contribution in [-0.4, -0.2) is 23.4 Å². The van der Waals surface area contributed by atoms with E-state index in [-0.39, 0.29) is 11.8 Å². The van der Waals surface area contributed by atoms with Crippen molar-refractivity contribution in [1.82, 2.24) is 5.32 Å². The van der Waals surface area contributed by atoms with E-state index in [1.54, 1.807) is 11.8 Å². The Morgan fingerprint density at radius 2 is 1.95 bits per heavy atom. The fraction of sp³-hybridized carbons (Fsp3) is 0.500. The molecule has 5 heteroatoms. The van der Waals surface area contributed by atoms with Gasteiger partial charge in [0.05, 0.1) is 10.7 Å². The van der Waals surface area contributed by atoms with Crippen LogP contribution < -0.4 is 10.2 Å². The summed E-state index contributed by atoms with van der Waals surface area (Å²) in [4.78, 5) is 26.9. The molecule has 0 aromatic heterocycles. The normalized spacial score (nSPS) is 24.5. The molecule has 1 aromatic rings. The third kappa shape index (κ3) is 2.22. The molecular formula is C16H19ClN2O2. The summed E-state index contributed by atoms with van der Waals surface area (Å²) in [6.45, 7) is 3.69. The summed E-state index contributed by atoms with van der Waals surface area (Å²) < 4.78 is 0. The number of nitrogens with zero attached hydrogens (tertiary/aromatic N) is 1. The van der Waals surface area contributed by atoms with Crippen LogP contribution in [0.1, 0.15) is 38.2 Å². The maximum absolute atomic E-state index is 13.0. The van der Waals surface area contributed by atoms with Crippen LogP contribution in [-0.2, 0) is 9.59 Å². The Labute approximate surface area is 129 Å². The molecule has 1 saturated carbocycles. The Morgan fingerprint density at radius 3 is 2.57 bits per heavy atom. The molecule has 1 aliphatic carbocycles. The maximum Gasteiger partial charge on any atom is 0.253 e. The Balaban J connectivity index is 2.05. The van der Waals surface area contributed by atoms with E-state index in [0.29, 0.717) is 23.6 Å². The van der Waals surface area contributed by atoms with E-state index in [0.717, 1.165) is 18.4 Å². The highest BCUT2D eigenvalue weighted by atomic mass is 35.5. The van der Waals surface area contributed by atoms with E-state index in [1.165, 1.54) is 0 Å². The van der Waals surface area contributed by atoms with Crippen LogP contribution in [0.5, 0.6) is 0 Å². The molecule has 1 unspecified atom stereocenters. The quantitative estimate of drug-likeness (QED) is 0.867. The van der Waals surface area contributed by atoms with E-state index in [2.05, 4.69) is 5.32 Å². The molecule has 1 saturated heterocycles. The number of anilines is 1. The molecule has 3 rings (SSSR count). The van der Waals surface area contributed by atoms with Crippen molar-refractivity contribution >= 4 is 29.1 Å². The minimum Gasteiger partial charge on any atom is -0.340 e. The highest BCUT2D eigenvalue weighted by molar-refractivity contribution is 6.34. The molecule has 0 bridgehead atoms. The first kappa shape index (κ1) is 14.4. The van der Waals surface area contributed by atoms with Gasteiger partial charge in [-0.3, -0.25) is 14.5 Å². The van der Waals surface area contributed by atoms with Crippen LogP contribution in [0.4, 0.5) is 5.69 Å². The zero-order valence-electron chi connectivity index (χ0n) is 12.3. The van der Waals surface area contributed by atoms with Crippen molar-refractivity contribution < 1.29 is 9.59 Å². The molecule has 4 nitrogen and oxygen atoms in total. The predicted octanol–water partition coefficient (Wildman–Crippen LogP) is 2.81. The third-order valence-corrected chi connectivity index (χ3v) is 4.88. The molecule has 2 amide bonds. The zero-order chi connectivity index (χ0) is 15.2. The monoisotopic (exact) mass is 306 g/mol. The fourth-order valence-corrected chi connectivity index (χ4v) is 3.69. The standard InChI is InChI=1S/C16H19ClN2O2/c1-10-5-6-13(12(17)9-10)19-11(2)14(20)18-16(15(19)21)7-3-4-8-16/h5-6,9,11H,3-4,7-8H2,1-2H3,(H,18,20). The topological polar surface area (TPSA) is 49.4 Å². The van der Waals surface area contributed by atoms with Gasteiger partial charge >= 0.3 is 0 Å². The number of hydrogen-bond donors (Lipinski definition) is 1. The van der Waals surface area contributed by atoms with Crippen molar-refractivity contribution in [1.29, 1.82) is 0 Å². The average Bonchev–Trinajstić information content (AvgIpc) is 2.89. The summed E-state index contributed by atoms with van der Waals surface area (Å²) >= 11 is 6.31. The lowest BCUT2D eigenvalue weighted by molar-refractivity contribution is -0.137. The number of carbonyl (C=O) groups is 2. The number of hydrogen-bond acceptors (Lipinski definition) is 2. The minimum absolute atomic E-state index is 0.0298. The smallest absolute Gasteiger partial charge is 0.253 e. The number of piperazine rings is 1. The van der Waals surface area contributed by atoms with Crippen LogP contribution in [0.15, 0.2) is 18.2 Å². The number of halogens is 1. The van der Waals surface area contributed by atoms with E-state index in [9.17, 15) is 9.59 Å². The zero-order valence-corrected chi connectivity index (χ0v) is 13.0. The second kappa shape index (κ2) is 5.02. The van der Waals surface area contributed by atoms with Crippen LogP contribution >= 0.6 is 11.6 Å². The largest absolute Gasteiger partial charge is 0.340 e. The second-order valence-electron chi connectivity index (χ2n) is 6.08. The van der Waals surface area contributed by atoms with Gasteiger partial charge in [-0.25, -0.2) is 0 Å². The van der Waals surface area contributed by atoms with Gasteiger partial charge in [0, 0.05) is 0 Å². The molecule has 2 fully saturated rings. The number of nitrogens with one attached hydrogen (secondary N) is 1. The van der Waals surface area contributed by atoms with Crippen molar-refractivity contribution in [2.75, 3.05) is 4.90 Å². The molecule has 1 aliphatic heterocycles. The van der Waals surface area contributed by atoms with E-state index < -0.39 is 11.6 Å². The maximum atomic E-state index is 13.0. The van der Waals surface area contributed by atoms with Crippen molar-refractivity contribution in [3.05, 3.63) is 28.8 Å². The molecule has 1 aromatic carbocycles. The van der Waals surface area contributed by atoms with Gasteiger partial charge in [0.1, 0.15) is 11.6 Å². The summed E-state index contributed by atoms with van der Waals surface area (Å²) in [5.41, 5.74) is 0.930.